The first kappa shape index (κ1) is 16.5. The predicted molar refractivity (Wildman–Crippen MR) is 79.4 cm³/mol. The Kier molecular flexibility index (Phi) is 4.60. The van der Waals surface area contributed by atoms with Crippen LogP contribution in [0.25, 0.3) is 0 Å². The number of carboxylic acid groups (broad SMARTS) is 1. The molecule has 6 nitrogen and oxygen atoms in total. The quantitative estimate of drug-likeness (QED) is 0.804. The monoisotopic (exact) mass is 309 g/mol. The molecule has 0 saturated heterocycles. The van der Waals surface area contributed by atoms with E-state index in [2.05, 4.69) is 5.32 Å². The summed E-state index contributed by atoms with van der Waals surface area (Å²) in [4.78, 5) is 23.9. The number of furan rings is 1. The summed E-state index contributed by atoms with van der Waals surface area (Å²) < 4.78 is 10.7. The van der Waals surface area contributed by atoms with Gasteiger partial charge in [0.25, 0.3) is 0 Å². The van der Waals surface area contributed by atoms with Crippen LogP contribution in [0.1, 0.15) is 39.4 Å². The Hall–Kier alpha value is -1.82. The van der Waals surface area contributed by atoms with Gasteiger partial charge in [-0.1, -0.05) is 13.8 Å². The lowest BCUT2D eigenvalue weighted by molar-refractivity contribution is -0.194. The normalized spacial score (nSPS) is 26.2. The van der Waals surface area contributed by atoms with Gasteiger partial charge < -0.3 is 19.6 Å². The minimum Gasteiger partial charge on any atom is -0.479 e. The van der Waals surface area contributed by atoms with Gasteiger partial charge in [-0.3, -0.25) is 4.79 Å². The molecule has 1 aromatic rings. The van der Waals surface area contributed by atoms with Crippen molar-refractivity contribution in [2.75, 3.05) is 6.61 Å². The topological polar surface area (TPSA) is 88.8 Å². The molecule has 1 heterocycles. The maximum Gasteiger partial charge on any atom is 0.330 e. The van der Waals surface area contributed by atoms with Crippen molar-refractivity contribution in [1.82, 2.24) is 5.32 Å². The summed E-state index contributed by atoms with van der Waals surface area (Å²) in [6, 6.07) is 3.55. The number of amides is 1. The molecule has 6 heteroatoms. The molecule has 0 bridgehead atoms. The fourth-order valence-electron chi connectivity index (χ4n) is 3.03. The smallest absolute Gasteiger partial charge is 0.330 e. The number of nitrogens with one attached hydrogen (secondary N) is 1. The van der Waals surface area contributed by atoms with E-state index in [0.29, 0.717) is 18.8 Å². The second-order valence-corrected chi connectivity index (χ2v) is 6.21. The Labute approximate surface area is 129 Å². The molecule has 2 N–H and O–H groups in total. The lowest BCUT2D eigenvalue weighted by Gasteiger charge is -2.58. The lowest BCUT2D eigenvalue weighted by Crippen LogP contribution is -2.76. The molecule has 0 spiro atoms. The Morgan fingerprint density at radius 2 is 2.23 bits per heavy atom. The van der Waals surface area contributed by atoms with Crippen LogP contribution in [-0.4, -0.2) is 35.2 Å². The standard InChI is InChI=1S/C16H23NO5/c1-4-21-12-10-16(14(19)20,15(12,2)3)17-13(18)8-7-11-6-5-9-22-11/h5-6,9,12H,4,7-8,10H2,1-3H3,(H,17,18)(H,19,20). The third kappa shape index (κ3) is 2.75. The number of aliphatic carboxylic acids is 1. The fraction of sp³-hybridized carbons (Fsp3) is 0.625. The molecule has 1 aliphatic carbocycles. The molecule has 2 rings (SSSR count). The van der Waals surface area contributed by atoms with Crippen molar-refractivity contribution in [1.29, 1.82) is 0 Å². The molecule has 1 aromatic heterocycles. The van der Waals surface area contributed by atoms with E-state index in [-0.39, 0.29) is 24.9 Å². The highest BCUT2D eigenvalue weighted by Crippen LogP contribution is 2.51. The SMILES string of the molecule is CCOC1CC(NC(=O)CCc2ccco2)(C(=O)O)C1(C)C. The van der Waals surface area contributed by atoms with Crippen molar-refractivity contribution in [3.05, 3.63) is 24.2 Å². The summed E-state index contributed by atoms with van der Waals surface area (Å²) >= 11 is 0. The Balaban J connectivity index is 2.01. The number of ether oxygens (including phenoxy) is 1. The summed E-state index contributed by atoms with van der Waals surface area (Å²) in [7, 11) is 0. The predicted octanol–water partition coefficient (Wildman–Crippen LogP) is 1.99. The largest absolute Gasteiger partial charge is 0.479 e. The van der Waals surface area contributed by atoms with Gasteiger partial charge in [0, 0.05) is 31.3 Å². The Morgan fingerprint density at radius 1 is 1.50 bits per heavy atom. The third-order valence-corrected chi connectivity index (χ3v) is 4.66. The van der Waals surface area contributed by atoms with Gasteiger partial charge in [-0.05, 0) is 19.1 Å². The lowest BCUT2D eigenvalue weighted by atomic mass is 9.54. The molecule has 122 valence electrons. The van der Waals surface area contributed by atoms with Gasteiger partial charge >= 0.3 is 5.97 Å². The van der Waals surface area contributed by atoms with Crippen LogP contribution in [0.15, 0.2) is 22.8 Å². The molecule has 1 fully saturated rings. The molecule has 2 atom stereocenters. The van der Waals surface area contributed by atoms with Gasteiger partial charge in [0.15, 0.2) is 0 Å². The van der Waals surface area contributed by atoms with Crippen LogP contribution in [0.5, 0.6) is 0 Å². The highest BCUT2D eigenvalue weighted by Gasteiger charge is 2.66. The van der Waals surface area contributed by atoms with Crippen LogP contribution < -0.4 is 5.32 Å². The van der Waals surface area contributed by atoms with Crippen LogP contribution in [0, 0.1) is 5.41 Å². The number of carbonyl (C=O) groups is 2. The minimum atomic E-state index is -1.27. The number of hydrogen-bond acceptors (Lipinski definition) is 4. The molecule has 1 saturated carbocycles. The average Bonchev–Trinajstić information content (AvgIpc) is 2.96. The molecule has 1 aliphatic rings. The number of rotatable bonds is 7. The van der Waals surface area contributed by atoms with E-state index in [1.54, 1.807) is 18.4 Å². The fourth-order valence-corrected chi connectivity index (χ4v) is 3.03. The average molecular weight is 309 g/mol. The van der Waals surface area contributed by atoms with Crippen LogP contribution in [0.3, 0.4) is 0 Å². The molecular formula is C16H23NO5. The second kappa shape index (κ2) is 6.12. The Morgan fingerprint density at radius 3 is 2.73 bits per heavy atom. The summed E-state index contributed by atoms with van der Waals surface area (Å²) in [6.07, 6.45) is 2.31. The molecule has 0 aliphatic heterocycles. The van der Waals surface area contributed by atoms with E-state index in [4.69, 9.17) is 9.15 Å². The van der Waals surface area contributed by atoms with E-state index < -0.39 is 16.9 Å². The summed E-state index contributed by atoms with van der Waals surface area (Å²) in [5, 5.41) is 12.3. The van der Waals surface area contributed by atoms with E-state index in [0.717, 1.165) is 0 Å². The first-order valence-electron chi connectivity index (χ1n) is 7.52. The summed E-state index contributed by atoms with van der Waals surface area (Å²) in [5.41, 5.74) is -1.93. The molecule has 0 aromatic carbocycles. The zero-order valence-electron chi connectivity index (χ0n) is 13.2. The van der Waals surface area contributed by atoms with Crippen molar-refractivity contribution >= 4 is 11.9 Å². The first-order valence-corrected chi connectivity index (χ1v) is 7.52. The van der Waals surface area contributed by atoms with E-state index in [9.17, 15) is 14.7 Å². The molecule has 0 radical (unpaired) electrons. The highest BCUT2D eigenvalue weighted by molar-refractivity contribution is 5.89. The van der Waals surface area contributed by atoms with Gasteiger partial charge in [0.1, 0.15) is 11.3 Å². The number of carbonyl (C=O) groups excluding carboxylic acids is 1. The van der Waals surface area contributed by atoms with Gasteiger partial charge in [-0.2, -0.15) is 0 Å². The molecule has 1 amide bonds. The highest BCUT2D eigenvalue weighted by atomic mass is 16.5. The zero-order chi connectivity index (χ0) is 16.4. The van der Waals surface area contributed by atoms with Crippen molar-refractivity contribution < 1.29 is 23.8 Å². The number of aryl methyl sites for hydroxylation is 1. The van der Waals surface area contributed by atoms with E-state index in [1.165, 1.54) is 0 Å². The van der Waals surface area contributed by atoms with Crippen LogP contribution in [-0.2, 0) is 20.7 Å². The van der Waals surface area contributed by atoms with Crippen LogP contribution in [0.2, 0.25) is 0 Å². The zero-order valence-corrected chi connectivity index (χ0v) is 13.2. The number of carboxylic acids is 1. The first-order chi connectivity index (χ1) is 10.3. The van der Waals surface area contributed by atoms with Gasteiger partial charge in [-0.15, -0.1) is 0 Å². The maximum atomic E-state index is 12.1. The number of hydrogen-bond donors (Lipinski definition) is 2. The van der Waals surface area contributed by atoms with E-state index >= 15 is 0 Å². The third-order valence-electron chi connectivity index (χ3n) is 4.66. The van der Waals surface area contributed by atoms with Crippen molar-refractivity contribution in [3.63, 3.8) is 0 Å². The van der Waals surface area contributed by atoms with Gasteiger partial charge in [0.05, 0.1) is 12.4 Å². The Bertz CT molecular complexity index is 537. The van der Waals surface area contributed by atoms with Crippen molar-refractivity contribution in [3.8, 4) is 0 Å². The molecule has 22 heavy (non-hydrogen) atoms. The summed E-state index contributed by atoms with van der Waals surface area (Å²) in [5.74, 6) is -0.596. The van der Waals surface area contributed by atoms with Gasteiger partial charge in [0.2, 0.25) is 5.91 Å². The van der Waals surface area contributed by atoms with Crippen molar-refractivity contribution in [2.45, 2.75) is 51.7 Å². The van der Waals surface area contributed by atoms with Crippen LogP contribution >= 0.6 is 0 Å². The van der Waals surface area contributed by atoms with Gasteiger partial charge in [-0.25, -0.2) is 4.79 Å². The second-order valence-electron chi connectivity index (χ2n) is 6.21. The van der Waals surface area contributed by atoms with Crippen LogP contribution in [0.4, 0.5) is 0 Å². The summed E-state index contributed by atoms with van der Waals surface area (Å²) in [6.45, 7) is 6.03. The molecule has 2 unspecified atom stereocenters. The van der Waals surface area contributed by atoms with E-state index in [1.807, 2.05) is 20.8 Å². The minimum absolute atomic E-state index is 0.168. The molecular weight excluding hydrogens is 286 g/mol. The maximum absolute atomic E-state index is 12.1. The van der Waals surface area contributed by atoms with Crippen molar-refractivity contribution in [2.24, 2.45) is 5.41 Å².